The van der Waals surface area contributed by atoms with Gasteiger partial charge in [0.15, 0.2) is 0 Å². The molecule has 18 heavy (non-hydrogen) atoms. The molecular weight excluding hydrogens is 232 g/mol. The van der Waals surface area contributed by atoms with Crippen molar-refractivity contribution >= 4 is 5.91 Å². The van der Waals surface area contributed by atoms with Gasteiger partial charge in [0.1, 0.15) is 0 Å². The number of ether oxygens (including phenoxy) is 1. The van der Waals surface area contributed by atoms with Gasteiger partial charge in [0.2, 0.25) is 5.91 Å². The van der Waals surface area contributed by atoms with Crippen LogP contribution in [0.5, 0.6) is 0 Å². The molecule has 1 amide bonds. The molecule has 0 saturated heterocycles. The normalized spacial score (nSPS) is 29.9. The van der Waals surface area contributed by atoms with Crippen molar-refractivity contribution in [2.45, 2.75) is 38.3 Å². The molecule has 0 aromatic heterocycles. The number of carbonyl (C=O) groups is 1. The van der Waals surface area contributed by atoms with E-state index < -0.39 is 6.10 Å². The van der Waals surface area contributed by atoms with Crippen LogP contribution in [-0.2, 0) is 9.53 Å². The van der Waals surface area contributed by atoms with Gasteiger partial charge in [-0.25, -0.2) is 0 Å². The molecule has 1 aliphatic rings. The number of rotatable bonds is 5. The van der Waals surface area contributed by atoms with Crippen molar-refractivity contribution in [3.8, 4) is 0 Å². The first-order chi connectivity index (χ1) is 8.47. The molecular formula is C13H26N2O3. The first kappa shape index (κ1) is 15.4. The molecule has 0 aromatic rings. The Bertz CT molecular complexity index is 273. The minimum Gasteiger partial charge on any atom is -0.389 e. The molecule has 1 aliphatic carbocycles. The van der Waals surface area contributed by atoms with Gasteiger partial charge in [-0.05, 0) is 18.8 Å². The zero-order valence-corrected chi connectivity index (χ0v) is 11.6. The van der Waals surface area contributed by atoms with Crippen LogP contribution in [-0.4, -0.2) is 55.4 Å². The third-order valence-corrected chi connectivity index (χ3v) is 3.90. The Kier molecular flexibility index (Phi) is 6.05. The van der Waals surface area contributed by atoms with Crippen molar-refractivity contribution in [2.75, 3.05) is 27.3 Å². The van der Waals surface area contributed by atoms with E-state index in [1.807, 2.05) is 6.92 Å². The summed E-state index contributed by atoms with van der Waals surface area (Å²) in [6.45, 7) is 2.61. The fourth-order valence-corrected chi connectivity index (χ4v) is 2.68. The van der Waals surface area contributed by atoms with Gasteiger partial charge in [-0.15, -0.1) is 0 Å². The lowest BCUT2D eigenvalue weighted by molar-refractivity contribution is -0.139. The van der Waals surface area contributed by atoms with Crippen LogP contribution in [0.25, 0.3) is 0 Å². The number of methoxy groups -OCH3 is 1. The molecule has 0 spiro atoms. The number of nitrogens with zero attached hydrogens (tertiary/aromatic N) is 1. The molecule has 4 atom stereocenters. The maximum absolute atomic E-state index is 12.3. The van der Waals surface area contributed by atoms with Crippen molar-refractivity contribution in [1.82, 2.24) is 4.90 Å². The van der Waals surface area contributed by atoms with Crippen molar-refractivity contribution in [2.24, 2.45) is 17.6 Å². The van der Waals surface area contributed by atoms with Gasteiger partial charge in [0.05, 0.1) is 12.7 Å². The van der Waals surface area contributed by atoms with Crippen molar-refractivity contribution in [1.29, 1.82) is 0 Å². The SMILES string of the molecule is COCC(O)CN(C)C(=O)C1CCCC(N)C1C. The van der Waals surface area contributed by atoms with Crippen LogP contribution in [0, 0.1) is 11.8 Å². The van der Waals surface area contributed by atoms with Gasteiger partial charge in [-0.1, -0.05) is 13.3 Å². The minimum absolute atomic E-state index is 0.00602. The molecule has 1 saturated carbocycles. The minimum atomic E-state index is -0.628. The van der Waals surface area contributed by atoms with E-state index >= 15 is 0 Å². The van der Waals surface area contributed by atoms with E-state index in [1.54, 1.807) is 11.9 Å². The number of hydrogen-bond acceptors (Lipinski definition) is 4. The summed E-state index contributed by atoms with van der Waals surface area (Å²) in [6, 6.07) is 0.116. The number of amides is 1. The Morgan fingerprint density at radius 2 is 2.22 bits per heavy atom. The Morgan fingerprint density at radius 1 is 1.56 bits per heavy atom. The fourth-order valence-electron chi connectivity index (χ4n) is 2.68. The molecule has 0 aliphatic heterocycles. The second-order valence-electron chi connectivity index (χ2n) is 5.39. The van der Waals surface area contributed by atoms with Crippen LogP contribution >= 0.6 is 0 Å². The second-order valence-corrected chi connectivity index (χ2v) is 5.39. The predicted molar refractivity (Wildman–Crippen MR) is 70.0 cm³/mol. The average Bonchev–Trinajstić information content (AvgIpc) is 2.32. The molecule has 3 N–H and O–H groups in total. The Labute approximate surface area is 109 Å². The first-order valence-corrected chi connectivity index (χ1v) is 6.65. The third-order valence-electron chi connectivity index (χ3n) is 3.90. The van der Waals surface area contributed by atoms with Crippen molar-refractivity contribution in [3.05, 3.63) is 0 Å². The number of aliphatic hydroxyl groups is 1. The van der Waals surface area contributed by atoms with E-state index in [-0.39, 0.29) is 30.4 Å². The van der Waals surface area contributed by atoms with Crippen LogP contribution in [0.15, 0.2) is 0 Å². The smallest absolute Gasteiger partial charge is 0.225 e. The number of hydrogen-bond donors (Lipinski definition) is 2. The number of likely N-dealkylation sites (N-methyl/N-ethyl adjacent to an activating group) is 1. The Morgan fingerprint density at radius 3 is 2.83 bits per heavy atom. The molecule has 4 unspecified atom stereocenters. The van der Waals surface area contributed by atoms with Gasteiger partial charge in [-0.2, -0.15) is 0 Å². The van der Waals surface area contributed by atoms with Gasteiger partial charge >= 0.3 is 0 Å². The average molecular weight is 258 g/mol. The summed E-state index contributed by atoms with van der Waals surface area (Å²) >= 11 is 0. The van der Waals surface area contributed by atoms with Gasteiger partial charge in [0, 0.05) is 32.7 Å². The van der Waals surface area contributed by atoms with E-state index in [1.165, 1.54) is 7.11 Å². The first-order valence-electron chi connectivity index (χ1n) is 6.65. The summed E-state index contributed by atoms with van der Waals surface area (Å²) in [5, 5.41) is 9.64. The summed E-state index contributed by atoms with van der Waals surface area (Å²) in [7, 11) is 3.27. The van der Waals surface area contributed by atoms with Crippen LogP contribution < -0.4 is 5.73 Å². The lowest BCUT2D eigenvalue weighted by Gasteiger charge is -2.35. The van der Waals surface area contributed by atoms with E-state index in [0.717, 1.165) is 19.3 Å². The molecule has 0 bridgehead atoms. The molecule has 5 nitrogen and oxygen atoms in total. The summed E-state index contributed by atoms with van der Waals surface area (Å²) < 4.78 is 4.86. The quantitative estimate of drug-likeness (QED) is 0.739. The largest absolute Gasteiger partial charge is 0.389 e. The summed E-state index contributed by atoms with van der Waals surface area (Å²) in [4.78, 5) is 13.9. The Balaban J connectivity index is 2.52. The lowest BCUT2D eigenvalue weighted by Crippen LogP contribution is -2.46. The van der Waals surface area contributed by atoms with Crippen LogP contribution in [0.2, 0.25) is 0 Å². The van der Waals surface area contributed by atoms with Gasteiger partial charge in [0.25, 0.3) is 0 Å². The van der Waals surface area contributed by atoms with Crippen LogP contribution in [0.4, 0.5) is 0 Å². The number of nitrogens with two attached hydrogens (primary N) is 1. The number of aliphatic hydroxyl groups excluding tert-OH is 1. The summed E-state index contributed by atoms with van der Waals surface area (Å²) in [6.07, 6.45) is 2.28. The summed E-state index contributed by atoms with van der Waals surface area (Å²) in [5.74, 6) is 0.301. The highest BCUT2D eigenvalue weighted by atomic mass is 16.5. The maximum Gasteiger partial charge on any atom is 0.225 e. The molecule has 106 valence electrons. The number of carbonyl (C=O) groups excluding carboxylic acids is 1. The van der Waals surface area contributed by atoms with Crippen molar-refractivity contribution in [3.63, 3.8) is 0 Å². The predicted octanol–water partition coefficient (Wildman–Crippen LogP) is 0.216. The van der Waals surface area contributed by atoms with E-state index in [4.69, 9.17) is 10.5 Å². The monoisotopic (exact) mass is 258 g/mol. The molecule has 1 fully saturated rings. The van der Waals surface area contributed by atoms with Crippen LogP contribution in [0.1, 0.15) is 26.2 Å². The van der Waals surface area contributed by atoms with Crippen LogP contribution in [0.3, 0.4) is 0 Å². The lowest BCUT2D eigenvalue weighted by atomic mass is 9.76. The maximum atomic E-state index is 12.3. The van der Waals surface area contributed by atoms with Gasteiger partial charge in [-0.3, -0.25) is 4.79 Å². The highest BCUT2D eigenvalue weighted by Gasteiger charge is 2.34. The topological polar surface area (TPSA) is 75.8 Å². The van der Waals surface area contributed by atoms with Gasteiger partial charge < -0.3 is 20.5 Å². The van der Waals surface area contributed by atoms with E-state index in [0.29, 0.717) is 6.54 Å². The standard InChI is InChI=1S/C13H26N2O3/c1-9-11(5-4-6-12(9)14)13(17)15(2)7-10(16)8-18-3/h9-12,16H,4-8,14H2,1-3H3. The third kappa shape index (κ3) is 3.93. The highest BCUT2D eigenvalue weighted by Crippen LogP contribution is 2.30. The second kappa shape index (κ2) is 7.07. The Hall–Kier alpha value is -0.650. The van der Waals surface area contributed by atoms with E-state index in [2.05, 4.69) is 0 Å². The molecule has 0 aromatic carbocycles. The fraction of sp³-hybridized carbons (Fsp3) is 0.923. The zero-order chi connectivity index (χ0) is 13.7. The highest BCUT2D eigenvalue weighted by molar-refractivity contribution is 5.79. The molecule has 0 radical (unpaired) electrons. The zero-order valence-electron chi connectivity index (χ0n) is 11.6. The van der Waals surface area contributed by atoms with E-state index in [9.17, 15) is 9.90 Å². The molecule has 0 heterocycles. The molecule has 5 heteroatoms. The summed E-state index contributed by atoms with van der Waals surface area (Å²) in [5.41, 5.74) is 6.02. The van der Waals surface area contributed by atoms with Crippen molar-refractivity contribution < 1.29 is 14.6 Å². The molecule has 1 rings (SSSR count).